The third-order valence-electron chi connectivity index (χ3n) is 2.83. The molecular weight excluding hydrogens is 242 g/mol. The SMILES string of the molecule is Cc1nc(C(O)c2cccc(CC(C)C)c2)cs1. The molecule has 1 aromatic carbocycles. The van der Waals surface area contributed by atoms with Gasteiger partial charge in [0.15, 0.2) is 0 Å². The fourth-order valence-corrected chi connectivity index (χ4v) is 2.67. The lowest BCUT2D eigenvalue weighted by Gasteiger charge is -2.11. The highest BCUT2D eigenvalue weighted by molar-refractivity contribution is 7.09. The molecule has 0 amide bonds. The van der Waals surface area contributed by atoms with Crippen LogP contribution < -0.4 is 0 Å². The molecule has 0 saturated carbocycles. The molecule has 1 heterocycles. The van der Waals surface area contributed by atoms with Crippen LogP contribution in [0.1, 0.15) is 41.8 Å². The molecule has 0 bridgehead atoms. The Morgan fingerprint density at radius 2 is 2.11 bits per heavy atom. The highest BCUT2D eigenvalue weighted by Gasteiger charge is 2.13. The summed E-state index contributed by atoms with van der Waals surface area (Å²) in [5.41, 5.74) is 2.95. The summed E-state index contributed by atoms with van der Waals surface area (Å²) >= 11 is 1.57. The molecule has 0 spiro atoms. The summed E-state index contributed by atoms with van der Waals surface area (Å²) in [4.78, 5) is 4.35. The van der Waals surface area contributed by atoms with Crippen LogP contribution in [-0.2, 0) is 6.42 Å². The van der Waals surface area contributed by atoms with E-state index in [0.717, 1.165) is 22.7 Å². The van der Waals surface area contributed by atoms with Gasteiger partial charge in [-0.05, 0) is 30.4 Å². The van der Waals surface area contributed by atoms with Gasteiger partial charge in [0, 0.05) is 5.38 Å². The van der Waals surface area contributed by atoms with Crippen molar-refractivity contribution in [1.82, 2.24) is 4.98 Å². The first kappa shape index (κ1) is 13.2. The molecule has 0 aliphatic carbocycles. The van der Waals surface area contributed by atoms with Crippen molar-refractivity contribution in [3.63, 3.8) is 0 Å². The number of aryl methyl sites for hydroxylation is 1. The van der Waals surface area contributed by atoms with Gasteiger partial charge in [-0.25, -0.2) is 4.98 Å². The lowest BCUT2D eigenvalue weighted by molar-refractivity contribution is 0.216. The number of benzene rings is 1. The van der Waals surface area contributed by atoms with Gasteiger partial charge in [0.25, 0.3) is 0 Å². The molecule has 0 aliphatic rings. The molecule has 96 valence electrons. The zero-order valence-electron chi connectivity index (χ0n) is 11.1. The molecule has 1 atom stereocenters. The van der Waals surface area contributed by atoms with E-state index in [9.17, 15) is 5.11 Å². The van der Waals surface area contributed by atoms with E-state index in [2.05, 4.69) is 31.0 Å². The molecule has 1 aromatic heterocycles. The van der Waals surface area contributed by atoms with E-state index in [1.54, 1.807) is 11.3 Å². The third kappa shape index (κ3) is 3.18. The van der Waals surface area contributed by atoms with Gasteiger partial charge in [0.05, 0.1) is 10.7 Å². The first-order valence-electron chi connectivity index (χ1n) is 6.25. The van der Waals surface area contributed by atoms with E-state index < -0.39 is 6.10 Å². The number of hydrogen-bond acceptors (Lipinski definition) is 3. The fourth-order valence-electron chi connectivity index (χ4n) is 2.04. The second-order valence-electron chi connectivity index (χ2n) is 5.04. The van der Waals surface area contributed by atoms with Gasteiger partial charge in [-0.1, -0.05) is 38.1 Å². The number of rotatable bonds is 4. The Kier molecular flexibility index (Phi) is 4.15. The standard InChI is InChI=1S/C15H19NOS/c1-10(2)7-12-5-4-6-13(8-12)15(17)14-9-18-11(3)16-14/h4-6,8-10,15,17H,7H2,1-3H3. The molecule has 0 aliphatic heterocycles. The Hall–Kier alpha value is -1.19. The largest absolute Gasteiger partial charge is 0.382 e. The minimum absolute atomic E-state index is 0.609. The second kappa shape index (κ2) is 5.63. The summed E-state index contributed by atoms with van der Waals surface area (Å²) < 4.78 is 0. The van der Waals surface area contributed by atoms with Crippen LogP contribution in [0.15, 0.2) is 29.6 Å². The molecule has 2 rings (SSSR count). The zero-order chi connectivity index (χ0) is 13.1. The van der Waals surface area contributed by atoms with E-state index in [-0.39, 0.29) is 0 Å². The van der Waals surface area contributed by atoms with Crippen LogP contribution in [0.5, 0.6) is 0 Å². The zero-order valence-corrected chi connectivity index (χ0v) is 11.9. The highest BCUT2D eigenvalue weighted by Crippen LogP contribution is 2.24. The number of hydrogen-bond donors (Lipinski definition) is 1. The van der Waals surface area contributed by atoms with Gasteiger partial charge in [0.1, 0.15) is 6.10 Å². The molecular formula is C15H19NOS. The van der Waals surface area contributed by atoms with Crippen LogP contribution in [0.4, 0.5) is 0 Å². The summed E-state index contributed by atoms with van der Waals surface area (Å²) in [5, 5.41) is 13.2. The van der Waals surface area contributed by atoms with Crippen LogP contribution >= 0.6 is 11.3 Å². The number of nitrogens with zero attached hydrogens (tertiary/aromatic N) is 1. The fraction of sp³-hybridized carbons (Fsp3) is 0.400. The number of thiazole rings is 1. The minimum atomic E-state index is -0.609. The van der Waals surface area contributed by atoms with Crippen molar-refractivity contribution in [2.75, 3.05) is 0 Å². The summed E-state index contributed by atoms with van der Waals surface area (Å²) in [7, 11) is 0. The molecule has 3 heteroatoms. The monoisotopic (exact) mass is 261 g/mol. The van der Waals surface area contributed by atoms with Crippen LogP contribution in [0.2, 0.25) is 0 Å². The topological polar surface area (TPSA) is 33.1 Å². The lowest BCUT2D eigenvalue weighted by atomic mass is 9.98. The van der Waals surface area contributed by atoms with E-state index in [4.69, 9.17) is 0 Å². The van der Waals surface area contributed by atoms with E-state index >= 15 is 0 Å². The summed E-state index contributed by atoms with van der Waals surface area (Å²) in [6.45, 7) is 6.36. The molecule has 0 saturated heterocycles. The maximum atomic E-state index is 10.3. The van der Waals surface area contributed by atoms with Gasteiger partial charge < -0.3 is 5.11 Å². The summed E-state index contributed by atoms with van der Waals surface area (Å²) in [5.74, 6) is 0.624. The average Bonchev–Trinajstić information content (AvgIpc) is 2.74. The molecule has 2 aromatic rings. The molecule has 1 N–H and O–H groups in total. The van der Waals surface area contributed by atoms with Gasteiger partial charge in [-0.3, -0.25) is 0 Å². The molecule has 0 fully saturated rings. The van der Waals surface area contributed by atoms with Gasteiger partial charge >= 0.3 is 0 Å². The summed E-state index contributed by atoms with van der Waals surface area (Å²) in [6, 6.07) is 8.17. The molecule has 1 unspecified atom stereocenters. The Morgan fingerprint density at radius 1 is 1.33 bits per heavy atom. The van der Waals surface area contributed by atoms with Gasteiger partial charge in [-0.15, -0.1) is 11.3 Å². The van der Waals surface area contributed by atoms with Crippen molar-refractivity contribution in [2.45, 2.75) is 33.3 Å². The lowest BCUT2D eigenvalue weighted by Crippen LogP contribution is -2.02. The predicted octanol–water partition coefficient (Wildman–Crippen LogP) is 3.73. The van der Waals surface area contributed by atoms with E-state index in [1.165, 1.54) is 5.56 Å². The first-order valence-corrected chi connectivity index (χ1v) is 7.13. The molecule has 2 nitrogen and oxygen atoms in total. The van der Waals surface area contributed by atoms with Crippen molar-refractivity contribution in [2.24, 2.45) is 5.92 Å². The molecule has 0 radical (unpaired) electrons. The van der Waals surface area contributed by atoms with Crippen molar-refractivity contribution < 1.29 is 5.11 Å². The van der Waals surface area contributed by atoms with Gasteiger partial charge in [-0.2, -0.15) is 0 Å². The van der Waals surface area contributed by atoms with Crippen LogP contribution in [0.25, 0.3) is 0 Å². The van der Waals surface area contributed by atoms with Gasteiger partial charge in [0.2, 0.25) is 0 Å². The van der Waals surface area contributed by atoms with Crippen molar-refractivity contribution in [3.8, 4) is 0 Å². The average molecular weight is 261 g/mol. The predicted molar refractivity (Wildman–Crippen MR) is 75.9 cm³/mol. The van der Waals surface area contributed by atoms with Crippen LogP contribution in [0, 0.1) is 12.8 Å². The minimum Gasteiger partial charge on any atom is -0.382 e. The van der Waals surface area contributed by atoms with Crippen LogP contribution in [0.3, 0.4) is 0 Å². The third-order valence-corrected chi connectivity index (χ3v) is 3.62. The molecule has 18 heavy (non-hydrogen) atoms. The highest BCUT2D eigenvalue weighted by atomic mass is 32.1. The smallest absolute Gasteiger partial charge is 0.122 e. The number of aliphatic hydroxyl groups excluding tert-OH is 1. The maximum Gasteiger partial charge on any atom is 0.122 e. The van der Waals surface area contributed by atoms with E-state index in [0.29, 0.717) is 5.92 Å². The van der Waals surface area contributed by atoms with Crippen molar-refractivity contribution >= 4 is 11.3 Å². The number of aliphatic hydroxyl groups is 1. The Balaban J connectivity index is 2.22. The quantitative estimate of drug-likeness (QED) is 0.909. The van der Waals surface area contributed by atoms with Crippen LogP contribution in [-0.4, -0.2) is 10.1 Å². The first-order chi connectivity index (χ1) is 8.56. The Bertz CT molecular complexity index is 519. The second-order valence-corrected chi connectivity index (χ2v) is 6.10. The maximum absolute atomic E-state index is 10.3. The Morgan fingerprint density at radius 3 is 2.72 bits per heavy atom. The van der Waals surface area contributed by atoms with Crippen molar-refractivity contribution in [3.05, 3.63) is 51.5 Å². The Labute approximate surface area is 112 Å². The van der Waals surface area contributed by atoms with Crippen molar-refractivity contribution in [1.29, 1.82) is 0 Å². The normalized spacial score (nSPS) is 12.9. The summed E-state index contributed by atoms with van der Waals surface area (Å²) in [6.07, 6.45) is 0.429. The number of aromatic nitrogens is 1. The van der Waals surface area contributed by atoms with E-state index in [1.807, 2.05) is 24.4 Å².